The Morgan fingerprint density at radius 3 is 2.56 bits per heavy atom. The zero-order valence-electron chi connectivity index (χ0n) is 25.7. The van der Waals surface area contributed by atoms with Crippen LogP contribution in [-0.4, -0.2) is 70.2 Å². The molecule has 1 saturated heterocycles. The number of nitrogens with zero attached hydrogens (tertiary/aromatic N) is 1. The molecule has 2 aliphatic heterocycles. The monoisotopic (exact) mass is 587 g/mol. The van der Waals surface area contributed by atoms with E-state index in [2.05, 4.69) is 13.8 Å². The molecule has 7 nitrogen and oxygen atoms in total. The number of hydrogen-bond donors (Lipinski definition) is 3. The van der Waals surface area contributed by atoms with Gasteiger partial charge in [-0.05, 0) is 56.1 Å². The predicted molar refractivity (Wildman–Crippen MR) is 163 cm³/mol. The van der Waals surface area contributed by atoms with E-state index in [4.69, 9.17) is 4.74 Å². The van der Waals surface area contributed by atoms with Crippen molar-refractivity contribution in [2.24, 2.45) is 11.8 Å². The molecule has 7 rings (SSSR count). The number of amides is 1. The van der Waals surface area contributed by atoms with Crippen molar-refractivity contribution in [2.75, 3.05) is 19.6 Å². The number of Topliss-reactive ketones (excluding diaryl/α,β-unsaturated/α-hetero) is 1. The second-order valence-corrected chi connectivity index (χ2v) is 14.5. The van der Waals surface area contributed by atoms with Crippen LogP contribution >= 0.6 is 0 Å². The largest absolute Gasteiger partial charge is 0.504 e. The van der Waals surface area contributed by atoms with Gasteiger partial charge in [-0.2, -0.15) is 0 Å². The predicted octanol–water partition coefficient (Wildman–Crippen LogP) is 3.84. The Bertz CT molecular complexity index is 1390. The van der Waals surface area contributed by atoms with Gasteiger partial charge in [0, 0.05) is 49.3 Å². The van der Waals surface area contributed by atoms with Crippen LogP contribution in [0.25, 0.3) is 0 Å². The molecule has 3 N–H and O–H groups in total. The molecule has 230 valence electrons. The molecular weight excluding hydrogens is 540 g/mol. The quantitative estimate of drug-likeness (QED) is 0.275. The van der Waals surface area contributed by atoms with Crippen LogP contribution in [0, 0.1) is 11.8 Å². The first-order valence-corrected chi connectivity index (χ1v) is 16.7. The standard InChI is InChI=1S/C36H46N2O5/c1-23(2)21-38(31(41)11-7-6-10-28(39)25-8-4-3-5-9-25)27-16-17-36(42)30-20-26-14-15-29(40)33-32(26)35(36,34(27)43-33)18-19-37(30)22-24-12-13-24/h3-5,8-9,14-15,23-24,27,30,34,40,42H,6-7,10-13,16-22H2,1-2H3/p+1/t27-,30-,34+,35+,36-/m1/s1. The topological polar surface area (TPSA) is 91.5 Å². The highest BCUT2D eigenvalue weighted by Crippen LogP contribution is 2.64. The fourth-order valence-electron chi connectivity index (χ4n) is 9.29. The molecule has 1 spiro atoms. The van der Waals surface area contributed by atoms with Gasteiger partial charge in [0.15, 0.2) is 17.3 Å². The first kappa shape index (κ1) is 28.8. The Morgan fingerprint density at radius 1 is 1.05 bits per heavy atom. The Morgan fingerprint density at radius 2 is 1.81 bits per heavy atom. The molecule has 2 saturated carbocycles. The molecule has 3 fully saturated rings. The zero-order valence-corrected chi connectivity index (χ0v) is 25.7. The lowest BCUT2D eigenvalue weighted by Gasteiger charge is -2.63. The second-order valence-electron chi connectivity index (χ2n) is 14.5. The van der Waals surface area contributed by atoms with Crippen molar-refractivity contribution in [1.29, 1.82) is 0 Å². The summed E-state index contributed by atoms with van der Waals surface area (Å²) in [7, 11) is 0. The molecule has 3 aliphatic carbocycles. The van der Waals surface area contributed by atoms with E-state index in [1.807, 2.05) is 41.3 Å². The number of quaternary nitrogens is 1. The van der Waals surface area contributed by atoms with Crippen molar-refractivity contribution < 1.29 is 29.4 Å². The van der Waals surface area contributed by atoms with Crippen LogP contribution in [-0.2, 0) is 16.6 Å². The number of unbranched alkanes of at least 4 members (excludes halogenated alkanes) is 1. The fraction of sp³-hybridized carbons (Fsp3) is 0.611. The Hall–Kier alpha value is -2.90. The SMILES string of the molecule is CC(C)CN(C(=O)CCCCC(=O)c1ccccc1)[C@@H]1CC[C@@]2(O)[C@H]3Cc4ccc(O)c5c4[C@@]2(CC[NH+]3CC2CC2)[C@H]1O5. The molecular formula is C36H47N2O5+. The zero-order chi connectivity index (χ0) is 29.9. The van der Waals surface area contributed by atoms with E-state index in [0.717, 1.165) is 43.0 Å². The maximum absolute atomic E-state index is 14.0. The summed E-state index contributed by atoms with van der Waals surface area (Å²) in [6.07, 6.45) is 7.30. The summed E-state index contributed by atoms with van der Waals surface area (Å²) in [5.41, 5.74) is 1.40. The normalized spacial score (nSPS) is 31.8. The van der Waals surface area contributed by atoms with Gasteiger partial charge in [-0.25, -0.2) is 0 Å². The molecule has 2 aromatic rings. The van der Waals surface area contributed by atoms with E-state index in [-0.39, 0.29) is 41.5 Å². The molecule has 5 aliphatic rings. The molecule has 43 heavy (non-hydrogen) atoms. The van der Waals surface area contributed by atoms with Gasteiger partial charge in [0.1, 0.15) is 17.7 Å². The Labute approximate surface area is 255 Å². The van der Waals surface area contributed by atoms with Crippen molar-refractivity contribution >= 4 is 11.7 Å². The molecule has 2 heterocycles. The summed E-state index contributed by atoms with van der Waals surface area (Å²) < 4.78 is 6.78. The van der Waals surface area contributed by atoms with E-state index in [1.165, 1.54) is 23.3 Å². The number of hydrogen-bond acceptors (Lipinski definition) is 5. The maximum atomic E-state index is 14.0. The molecule has 0 aromatic heterocycles. The summed E-state index contributed by atoms with van der Waals surface area (Å²) in [6, 6.07) is 13.1. The number of carbonyl (C=O) groups is 2. The Kier molecular flexibility index (Phi) is 7.32. The summed E-state index contributed by atoms with van der Waals surface area (Å²) in [5.74, 6) is 1.94. The van der Waals surface area contributed by atoms with E-state index >= 15 is 0 Å². The van der Waals surface area contributed by atoms with Crippen molar-refractivity contribution in [1.82, 2.24) is 4.90 Å². The first-order valence-electron chi connectivity index (χ1n) is 16.7. The van der Waals surface area contributed by atoms with Gasteiger partial charge >= 0.3 is 0 Å². The highest BCUT2D eigenvalue weighted by molar-refractivity contribution is 5.95. The smallest absolute Gasteiger partial charge is 0.222 e. The molecule has 1 unspecified atom stereocenters. The van der Waals surface area contributed by atoms with Crippen LogP contribution in [0.1, 0.15) is 93.1 Å². The summed E-state index contributed by atoms with van der Waals surface area (Å²) in [6.45, 7) is 7.02. The van der Waals surface area contributed by atoms with Gasteiger partial charge in [0.05, 0.1) is 24.5 Å². The third-order valence-corrected chi connectivity index (χ3v) is 11.3. The number of likely N-dealkylation sites (tertiary alicyclic amines) is 1. The van der Waals surface area contributed by atoms with Crippen LogP contribution in [0.5, 0.6) is 11.5 Å². The molecule has 1 amide bonds. The number of rotatable bonds is 11. The minimum atomic E-state index is -0.924. The number of aromatic hydroxyl groups is 1. The number of benzene rings is 2. The third kappa shape index (κ3) is 4.69. The summed E-state index contributed by atoms with van der Waals surface area (Å²) in [5, 5.41) is 23.8. The van der Waals surface area contributed by atoms with Crippen LogP contribution in [0.2, 0.25) is 0 Å². The number of carbonyl (C=O) groups excluding carboxylic acids is 2. The number of aliphatic hydroxyl groups is 1. The number of piperidine rings is 1. The second kappa shape index (κ2) is 10.9. The van der Waals surface area contributed by atoms with E-state index < -0.39 is 11.0 Å². The van der Waals surface area contributed by atoms with E-state index in [0.29, 0.717) is 50.8 Å². The van der Waals surface area contributed by atoms with E-state index in [1.54, 1.807) is 6.07 Å². The minimum absolute atomic E-state index is 0.0980. The molecule has 2 aromatic carbocycles. The number of phenols is 1. The number of ketones is 1. The summed E-state index contributed by atoms with van der Waals surface area (Å²) in [4.78, 5) is 30.2. The van der Waals surface area contributed by atoms with Gasteiger partial charge in [0.25, 0.3) is 0 Å². The van der Waals surface area contributed by atoms with Gasteiger partial charge in [-0.1, -0.05) is 50.2 Å². The lowest BCUT2D eigenvalue weighted by molar-refractivity contribution is -0.944. The number of phenolic OH excluding ortho intramolecular Hbond substituents is 1. The molecule has 6 atom stereocenters. The number of ether oxygens (including phenoxy) is 1. The van der Waals surface area contributed by atoms with Crippen LogP contribution in [0.4, 0.5) is 0 Å². The first-order chi connectivity index (χ1) is 20.7. The minimum Gasteiger partial charge on any atom is -0.504 e. The van der Waals surface area contributed by atoms with Gasteiger partial charge < -0.3 is 24.7 Å². The van der Waals surface area contributed by atoms with Crippen LogP contribution in [0.15, 0.2) is 42.5 Å². The van der Waals surface area contributed by atoms with Crippen molar-refractivity contribution in [3.63, 3.8) is 0 Å². The van der Waals surface area contributed by atoms with E-state index in [9.17, 15) is 19.8 Å². The lowest BCUT2D eigenvalue weighted by atomic mass is 9.48. The molecule has 2 bridgehead atoms. The maximum Gasteiger partial charge on any atom is 0.222 e. The highest BCUT2D eigenvalue weighted by Gasteiger charge is 2.75. The summed E-state index contributed by atoms with van der Waals surface area (Å²) >= 11 is 0. The van der Waals surface area contributed by atoms with Gasteiger partial charge in [-0.15, -0.1) is 0 Å². The fourth-order valence-corrected chi connectivity index (χ4v) is 9.29. The van der Waals surface area contributed by atoms with Crippen LogP contribution < -0.4 is 9.64 Å². The van der Waals surface area contributed by atoms with Crippen molar-refractivity contribution in [3.05, 3.63) is 59.2 Å². The van der Waals surface area contributed by atoms with Crippen molar-refractivity contribution in [3.8, 4) is 11.5 Å². The average Bonchev–Trinajstić information content (AvgIpc) is 3.74. The van der Waals surface area contributed by atoms with Crippen molar-refractivity contribution in [2.45, 2.75) is 107 Å². The number of nitrogens with one attached hydrogen (secondary N) is 1. The average molecular weight is 588 g/mol. The Balaban J connectivity index is 1.14. The van der Waals surface area contributed by atoms with Gasteiger partial charge in [0.2, 0.25) is 5.91 Å². The van der Waals surface area contributed by atoms with Crippen LogP contribution in [0.3, 0.4) is 0 Å². The molecule has 7 heteroatoms. The highest BCUT2D eigenvalue weighted by atomic mass is 16.5. The lowest BCUT2D eigenvalue weighted by Crippen LogP contribution is -3.21. The molecule has 0 radical (unpaired) electrons. The van der Waals surface area contributed by atoms with Gasteiger partial charge in [-0.3, -0.25) is 9.59 Å². The third-order valence-electron chi connectivity index (χ3n) is 11.3.